The first kappa shape index (κ1) is 12.7. The molecule has 0 aliphatic heterocycles. The Morgan fingerprint density at radius 1 is 1.25 bits per heavy atom. The number of benzene rings is 1. The fourth-order valence-corrected chi connectivity index (χ4v) is 1.27. The summed E-state index contributed by atoms with van der Waals surface area (Å²) in [5.74, 6) is 0.887. The smallest absolute Gasteiger partial charge is 0.118 e. The van der Waals surface area contributed by atoms with Crippen LogP contribution in [0.4, 0.5) is 0 Å². The molecule has 0 amide bonds. The van der Waals surface area contributed by atoms with Gasteiger partial charge in [-0.15, -0.1) is 0 Å². The molecule has 1 radical (unpaired) electrons. The van der Waals surface area contributed by atoms with Gasteiger partial charge in [-0.05, 0) is 30.0 Å². The first-order chi connectivity index (χ1) is 5.13. The number of phenols is 1. The van der Waals surface area contributed by atoms with Gasteiger partial charge in [0.1, 0.15) is 5.75 Å². The van der Waals surface area contributed by atoms with Gasteiger partial charge < -0.3 is 5.11 Å². The molecule has 1 N–H and O–H groups in total. The molecule has 0 aromatic heterocycles. The van der Waals surface area contributed by atoms with Gasteiger partial charge in [0.15, 0.2) is 0 Å². The molecule has 0 saturated carbocycles. The van der Waals surface area contributed by atoms with Crippen molar-refractivity contribution in [3.8, 4) is 5.75 Å². The van der Waals surface area contributed by atoms with E-state index in [-0.39, 0.29) is 51.4 Å². The SMILES string of the molecule is Cc1c(O)cccc1C(C)C.[K]. The fraction of sp³-hybridized carbons (Fsp3) is 0.400. The third-order valence-corrected chi connectivity index (χ3v) is 1.97. The van der Waals surface area contributed by atoms with E-state index in [0.29, 0.717) is 11.7 Å². The van der Waals surface area contributed by atoms with Crippen LogP contribution in [-0.4, -0.2) is 56.5 Å². The third kappa shape index (κ3) is 2.85. The summed E-state index contributed by atoms with van der Waals surface area (Å²) in [4.78, 5) is 0. The normalized spacial score (nSPS) is 9.67. The van der Waals surface area contributed by atoms with Crippen LogP contribution < -0.4 is 0 Å². The van der Waals surface area contributed by atoms with Crippen molar-refractivity contribution in [1.29, 1.82) is 0 Å². The van der Waals surface area contributed by atoms with Crippen molar-refractivity contribution in [1.82, 2.24) is 0 Å². The molecule has 0 saturated heterocycles. The maximum Gasteiger partial charge on any atom is 0.118 e. The molecule has 0 fully saturated rings. The summed E-state index contributed by atoms with van der Waals surface area (Å²) in [6, 6.07) is 5.67. The first-order valence-electron chi connectivity index (χ1n) is 3.91. The molecule has 0 spiro atoms. The maximum atomic E-state index is 9.35. The molecular weight excluding hydrogens is 175 g/mol. The van der Waals surface area contributed by atoms with Crippen LogP contribution >= 0.6 is 0 Å². The molecule has 0 heterocycles. The van der Waals surface area contributed by atoms with E-state index < -0.39 is 0 Å². The Morgan fingerprint density at radius 3 is 2.25 bits per heavy atom. The molecule has 2 heteroatoms. The summed E-state index contributed by atoms with van der Waals surface area (Å²) in [7, 11) is 0. The van der Waals surface area contributed by atoms with Crippen molar-refractivity contribution < 1.29 is 5.11 Å². The molecule has 0 aliphatic rings. The van der Waals surface area contributed by atoms with Crippen molar-refractivity contribution >= 4 is 51.4 Å². The van der Waals surface area contributed by atoms with Crippen molar-refractivity contribution in [2.45, 2.75) is 26.7 Å². The number of rotatable bonds is 1. The summed E-state index contributed by atoms with van der Waals surface area (Å²) in [5.41, 5.74) is 2.23. The second kappa shape index (κ2) is 5.40. The molecule has 0 bridgehead atoms. The van der Waals surface area contributed by atoms with Crippen LogP contribution in [0.25, 0.3) is 0 Å². The Bertz CT molecular complexity index is 256. The van der Waals surface area contributed by atoms with Gasteiger partial charge in [-0.2, -0.15) is 0 Å². The van der Waals surface area contributed by atoms with Gasteiger partial charge in [0.2, 0.25) is 0 Å². The Labute approximate surface area is 117 Å². The minimum absolute atomic E-state index is 0. The van der Waals surface area contributed by atoms with Crippen LogP contribution in [0.1, 0.15) is 30.9 Å². The summed E-state index contributed by atoms with van der Waals surface area (Å²) >= 11 is 0. The Kier molecular flexibility index (Phi) is 5.70. The van der Waals surface area contributed by atoms with Crippen LogP contribution in [0.3, 0.4) is 0 Å². The van der Waals surface area contributed by atoms with E-state index in [0.717, 1.165) is 5.56 Å². The number of aromatic hydroxyl groups is 1. The minimum atomic E-state index is 0. The summed E-state index contributed by atoms with van der Waals surface area (Å²) in [6.07, 6.45) is 0. The predicted molar refractivity (Wildman–Crippen MR) is 52.7 cm³/mol. The van der Waals surface area contributed by atoms with E-state index >= 15 is 0 Å². The zero-order chi connectivity index (χ0) is 8.43. The topological polar surface area (TPSA) is 20.2 Å². The van der Waals surface area contributed by atoms with E-state index in [2.05, 4.69) is 19.9 Å². The Balaban J connectivity index is 0.00000121. The van der Waals surface area contributed by atoms with Gasteiger partial charge in [0.05, 0.1) is 0 Å². The van der Waals surface area contributed by atoms with E-state index in [1.54, 1.807) is 6.07 Å². The maximum absolute atomic E-state index is 9.35. The van der Waals surface area contributed by atoms with Gasteiger partial charge in [-0.1, -0.05) is 26.0 Å². The fourth-order valence-electron chi connectivity index (χ4n) is 1.27. The molecule has 1 aromatic carbocycles. The van der Waals surface area contributed by atoms with Crippen LogP contribution in [0.5, 0.6) is 5.75 Å². The van der Waals surface area contributed by atoms with Crippen molar-refractivity contribution in [2.75, 3.05) is 0 Å². The van der Waals surface area contributed by atoms with E-state index in [1.807, 2.05) is 13.0 Å². The number of hydrogen-bond donors (Lipinski definition) is 1. The monoisotopic (exact) mass is 189 g/mol. The zero-order valence-corrected chi connectivity index (χ0v) is 11.4. The van der Waals surface area contributed by atoms with Crippen molar-refractivity contribution in [3.63, 3.8) is 0 Å². The Morgan fingerprint density at radius 2 is 1.83 bits per heavy atom. The van der Waals surface area contributed by atoms with Gasteiger partial charge >= 0.3 is 0 Å². The van der Waals surface area contributed by atoms with E-state index in [4.69, 9.17) is 0 Å². The molecule has 1 rings (SSSR count). The van der Waals surface area contributed by atoms with Gasteiger partial charge in [0, 0.05) is 51.4 Å². The molecule has 1 aromatic rings. The molecular formula is C10H14KO. The second-order valence-corrected chi connectivity index (χ2v) is 3.15. The van der Waals surface area contributed by atoms with Crippen LogP contribution in [0, 0.1) is 6.92 Å². The predicted octanol–water partition coefficient (Wildman–Crippen LogP) is 2.44. The molecule has 12 heavy (non-hydrogen) atoms. The summed E-state index contributed by atoms with van der Waals surface area (Å²) in [6.45, 7) is 6.20. The molecule has 0 atom stereocenters. The zero-order valence-electron chi connectivity index (χ0n) is 8.26. The summed E-state index contributed by atoms with van der Waals surface area (Å²) in [5, 5.41) is 9.35. The van der Waals surface area contributed by atoms with E-state index in [1.165, 1.54) is 5.56 Å². The van der Waals surface area contributed by atoms with E-state index in [9.17, 15) is 5.11 Å². The van der Waals surface area contributed by atoms with Crippen molar-refractivity contribution in [3.05, 3.63) is 29.3 Å². The number of phenolic OH excluding ortho intramolecular Hbond substituents is 1. The summed E-state index contributed by atoms with van der Waals surface area (Å²) < 4.78 is 0. The second-order valence-electron chi connectivity index (χ2n) is 3.15. The van der Waals surface area contributed by atoms with Gasteiger partial charge in [-0.25, -0.2) is 0 Å². The van der Waals surface area contributed by atoms with Crippen LogP contribution in [-0.2, 0) is 0 Å². The quantitative estimate of drug-likeness (QED) is 0.673. The average molecular weight is 189 g/mol. The standard InChI is InChI=1S/C10H14O.K/c1-7(2)9-5-4-6-10(11)8(9)3;/h4-7,11H,1-3H3;. The molecule has 0 unspecified atom stereocenters. The van der Waals surface area contributed by atoms with Crippen LogP contribution in [0.15, 0.2) is 18.2 Å². The minimum Gasteiger partial charge on any atom is -0.508 e. The third-order valence-electron chi connectivity index (χ3n) is 1.97. The molecule has 0 aliphatic carbocycles. The molecule has 61 valence electrons. The molecule has 1 nitrogen and oxygen atoms in total. The van der Waals surface area contributed by atoms with Crippen LogP contribution in [0.2, 0.25) is 0 Å². The average Bonchev–Trinajstić information content (AvgIpc) is 1.94. The largest absolute Gasteiger partial charge is 0.508 e. The Hall–Kier alpha value is 0.656. The number of hydrogen-bond acceptors (Lipinski definition) is 1. The van der Waals surface area contributed by atoms with Crippen molar-refractivity contribution in [2.24, 2.45) is 0 Å². The first-order valence-corrected chi connectivity index (χ1v) is 3.91. The van der Waals surface area contributed by atoms with Gasteiger partial charge in [-0.3, -0.25) is 0 Å². The van der Waals surface area contributed by atoms with Gasteiger partial charge in [0.25, 0.3) is 0 Å².